The fourth-order valence-corrected chi connectivity index (χ4v) is 2.21. The van der Waals surface area contributed by atoms with Gasteiger partial charge in [0, 0.05) is 17.7 Å². The Labute approximate surface area is 125 Å². The molecule has 1 aromatic rings. The molecule has 0 saturated carbocycles. The Morgan fingerprint density at radius 2 is 2.10 bits per heavy atom. The van der Waals surface area contributed by atoms with Crippen LogP contribution in [0.1, 0.15) is 27.9 Å². The number of nitrogens with one attached hydrogen (secondary N) is 1. The van der Waals surface area contributed by atoms with E-state index in [-0.39, 0.29) is 31.2 Å². The summed E-state index contributed by atoms with van der Waals surface area (Å²) in [5.74, 6) is 5.16. The Morgan fingerprint density at radius 1 is 1.38 bits per heavy atom. The van der Waals surface area contributed by atoms with Gasteiger partial charge in [0.05, 0.1) is 12.3 Å². The number of sulfonamides is 1. The molecule has 0 atom stereocenters. The molecule has 114 valence electrons. The number of hydrogen-bond donors (Lipinski definition) is 3. The van der Waals surface area contributed by atoms with Gasteiger partial charge in [-0.25, -0.2) is 13.6 Å². The van der Waals surface area contributed by atoms with Gasteiger partial charge in [0.15, 0.2) is 0 Å². The molecule has 21 heavy (non-hydrogen) atoms. The van der Waals surface area contributed by atoms with Crippen LogP contribution in [0.2, 0.25) is 0 Å². The van der Waals surface area contributed by atoms with Gasteiger partial charge in [-0.3, -0.25) is 4.79 Å². The summed E-state index contributed by atoms with van der Waals surface area (Å²) >= 11 is 0. The van der Waals surface area contributed by atoms with Crippen LogP contribution in [0.15, 0.2) is 18.2 Å². The highest BCUT2D eigenvalue weighted by atomic mass is 32.2. The lowest BCUT2D eigenvalue weighted by Crippen LogP contribution is -2.27. The fourth-order valence-electron chi connectivity index (χ4n) is 1.67. The van der Waals surface area contributed by atoms with E-state index >= 15 is 0 Å². The zero-order chi connectivity index (χ0) is 15.9. The fraction of sp³-hybridized carbons (Fsp3) is 0.357. The third-order valence-electron chi connectivity index (χ3n) is 2.71. The Bertz CT molecular complexity index is 672. The second kappa shape index (κ2) is 7.78. The summed E-state index contributed by atoms with van der Waals surface area (Å²) in [7, 11) is -3.49. The zero-order valence-electron chi connectivity index (χ0n) is 11.8. The van der Waals surface area contributed by atoms with Crippen LogP contribution < -0.4 is 16.2 Å². The smallest absolute Gasteiger partial charge is 0.251 e. The summed E-state index contributed by atoms with van der Waals surface area (Å²) in [6.45, 7) is 2.32. The highest BCUT2D eigenvalue weighted by Gasteiger charge is 2.09. The first-order valence-electron chi connectivity index (χ1n) is 6.42. The topological polar surface area (TPSA) is 115 Å². The van der Waals surface area contributed by atoms with Crippen LogP contribution in [-0.4, -0.2) is 33.2 Å². The van der Waals surface area contributed by atoms with Crippen molar-refractivity contribution in [2.75, 3.05) is 18.8 Å². The molecule has 0 spiro atoms. The van der Waals surface area contributed by atoms with Gasteiger partial charge in [-0.15, -0.1) is 0 Å². The van der Waals surface area contributed by atoms with Gasteiger partial charge in [0.25, 0.3) is 5.91 Å². The van der Waals surface area contributed by atoms with Gasteiger partial charge in [-0.05, 0) is 31.0 Å². The van der Waals surface area contributed by atoms with Crippen molar-refractivity contribution < 1.29 is 13.2 Å². The maximum Gasteiger partial charge on any atom is 0.251 e. The summed E-state index contributed by atoms with van der Waals surface area (Å²) in [6.07, 6.45) is 0.274. The maximum absolute atomic E-state index is 12.1. The summed E-state index contributed by atoms with van der Waals surface area (Å²) in [6, 6.07) is 5.31. The molecule has 6 nitrogen and oxygen atoms in total. The summed E-state index contributed by atoms with van der Waals surface area (Å²) < 4.78 is 21.6. The minimum absolute atomic E-state index is 0.158. The molecule has 0 aromatic heterocycles. The number of aryl methyl sites for hydroxylation is 1. The molecular weight excluding hydrogens is 290 g/mol. The maximum atomic E-state index is 12.1. The first-order valence-corrected chi connectivity index (χ1v) is 8.13. The number of nitrogens with two attached hydrogens (primary N) is 2. The molecule has 0 fully saturated rings. The van der Waals surface area contributed by atoms with E-state index in [1.54, 1.807) is 12.1 Å². The summed E-state index contributed by atoms with van der Waals surface area (Å²) in [5.41, 5.74) is 7.34. The van der Waals surface area contributed by atoms with E-state index in [1.807, 2.05) is 13.0 Å². The van der Waals surface area contributed by atoms with Crippen molar-refractivity contribution in [3.63, 3.8) is 0 Å². The van der Waals surface area contributed by atoms with Crippen LogP contribution in [0.5, 0.6) is 0 Å². The van der Waals surface area contributed by atoms with E-state index in [0.29, 0.717) is 11.1 Å². The molecule has 0 unspecified atom stereocenters. The number of carbonyl (C=O) groups excluding carboxylic acids is 1. The molecule has 1 aromatic carbocycles. The van der Waals surface area contributed by atoms with E-state index < -0.39 is 10.0 Å². The quantitative estimate of drug-likeness (QED) is 0.512. The minimum Gasteiger partial charge on any atom is -0.352 e. The predicted molar refractivity (Wildman–Crippen MR) is 82.0 cm³/mol. The lowest BCUT2D eigenvalue weighted by Gasteiger charge is -2.08. The molecule has 0 aliphatic carbocycles. The average Bonchev–Trinajstić information content (AvgIpc) is 2.41. The number of hydrogen-bond acceptors (Lipinski definition) is 4. The van der Waals surface area contributed by atoms with Gasteiger partial charge in [0.2, 0.25) is 10.0 Å². The summed E-state index contributed by atoms with van der Waals surface area (Å²) in [4.78, 5) is 12.1. The van der Waals surface area contributed by atoms with Gasteiger partial charge >= 0.3 is 0 Å². The van der Waals surface area contributed by atoms with Crippen LogP contribution >= 0.6 is 0 Å². The van der Waals surface area contributed by atoms with Crippen molar-refractivity contribution in [2.45, 2.75) is 13.3 Å². The molecule has 0 aliphatic rings. The van der Waals surface area contributed by atoms with Crippen molar-refractivity contribution in [3.8, 4) is 11.8 Å². The van der Waals surface area contributed by atoms with Crippen molar-refractivity contribution in [1.29, 1.82) is 0 Å². The Morgan fingerprint density at radius 3 is 2.71 bits per heavy atom. The Balaban J connectivity index is 2.69. The Hall–Kier alpha value is -1.88. The van der Waals surface area contributed by atoms with Crippen LogP contribution in [0, 0.1) is 18.8 Å². The summed E-state index contributed by atoms with van der Waals surface area (Å²) in [5, 5.41) is 7.55. The molecule has 1 rings (SSSR count). The van der Waals surface area contributed by atoms with Crippen LogP contribution in [-0.2, 0) is 10.0 Å². The van der Waals surface area contributed by atoms with E-state index in [2.05, 4.69) is 17.2 Å². The van der Waals surface area contributed by atoms with Crippen LogP contribution in [0.4, 0.5) is 0 Å². The number of amides is 1. The van der Waals surface area contributed by atoms with Crippen molar-refractivity contribution >= 4 is 15.9 Å². The number of carbonyl (C=O) groups is 1. The van der Waals surface area contributed by atoms with Crippen molar-refractivity contribution in [3.05, 3.63) is 34.9 Å². The molecule has 0 radical (unpaired) electrons. The molecule has 1 amide bonds. The first kappa shape index (κ1) is 17.2. The largest absolute Gasteiger partial charge is 0.352 e. The first-order chi connectivity index (χ1) is 9.83. The monoisotopic (exact) mass is 309 g/mol. The van der Waals surface area contributed by atoms with E-state index in [9.17, 15) is 13.2 Å². The third kappa shape index (κ3) is 6.40. The van der Waals surface area contributed by atoms with Crippen molar-refractivity contribution in [2.24, 2.45) is 10.9 Å². The van der Waals surface area contributed by atoms with Gasteiger partial charge in [-0.2, -0.15) is 0 Å². The second-order valence-corrected chi connectivity index (χ2v) is 6.25. The highest BCUT2D eigenvalue weighted by molar-refractivity contribution is 7.89. The molecule has 0 heterocycles. The molecule has 0 bridgehead atoms. The van der Waals surface area contributed by atoms with E-state index in [0.717, 1.165) is 5.56 Å². The molecule has 0 aliphatic heterocycles. The number of benzene rings is 1. The Kier molecular flexibility index (Phi) is 6.37. The zero-order valence-corrected chi connectivity index (χ0v) is 12.7. The minimum atomic E-state index is -3.49. The van der Waals surface area contributed by atoms with Crippen LogP contribution in [0.25, 0.3) is 0 Å². The molecule has 7 heteroatoms. The van der Waals surface area contributed by atoms with Gasteiger partial charge in [0.1, 0.15) is 0 Å². The van der Waals surface area contributed by atoms with E-state index in [4.69, 9.17) is 10.9 Å². The lowest BCUT2D eigenvalue weighted by atomic mass is 10.0. The SMILES string of the molecule is Cc1ccc(C#CCN)cc1C(=O)NCCCS(N)(=O)=O. The van der Waals surface area contributed by atoms with Gasteiger partial charge in [-0.1, -0.05) is 17.9 Å². The molecular formula is C14H19N3O3S. The average molecular weight is 309 g/mol. The predicted octanol–water partition coefficient (Wildman–Crippen LogP) is -0.286. The second-order valence-electron chi connectivity index (χ2n) is 4.51. The molecule has 0 saturated heterocycles. The molecule has 5 N–H and O–H groups in total. The normalized spacial score (nSPS) is 10.6. The van der Waals surface area contributed by atoms with Crippen molar-refractivity contribution in [1.82, 2.24) is 5.32 Å². The van der Waals surface area contributed by atoms with E-state index in [1.165, 1.54) is 0 Å². The third-order valence-corrected chi connectivity index (χ3v) is 3.57. The standard InChI is InChI=1S/C14H19N3O3S/c1-11-5-6-12(4-2-7-15)10-13(11)14(18)17-8-3-9-21(16,19)20/h5-6,10H,3,7-9,15H2,1H3,(H,17,18)(H2,16,19,20). The number of rotatable bonds is 5. The highest BCUT2D eigenvalue weighted by Crippen LogP contribution is 2.10. The van der Waals surface area contributed by atoms with Crippen LogP contribution in [0.3, 0.4) is 0 Å². The van der Waals surface area contributed by atoms with Gasteiger partial charge < -0.3 is 11.1 Å². The lowest BCUT2D eigenvalue weighted by molar-refractivity contribution is 0.0953. The number of primary sulfonamides is 1.